The van der Waals surface area contributed by atoms with Crippen molar-refractivity contribution in [2.24, 2.45) is 11.8 Å². The second kappa shape index (κ2) is 4.84. The third-order valence-corrected chi connectivity index (χ3v) is 5.38. The normalized spacial score (nSPS) is 27.8. The molecule has 1 fully saturated rings. The van der Waals surface area contributed by atoms with Crippen LogP contribution < -0.4 is 0 Å². The number of aliphatic carboxylic acids is 1. The van der Waals surface area contributed by atoms with E-state index in [0.29, 0.717) is 6.42 Å². The van der Waals surface area contributed by atoms with Crippen molar-refractivity contribution in [1.82, 2.24) is 9.88 Å². The summed E-state index contributed by atoms with van der Waals surface area (Å²) in [5.74, 6) is -1.68. The lowest BCUT2D eigenvalue weighted by molar-refractivity contribution is -0.142. The lowest BCUT2D eigenvalue weighted by Gasteiger charge is -2.30. The monoisotopic (exact) mass is 294 g/mol. The quantitative estimate of drug-likeness (QED) is 0.925. The number of aryl methyl sites for hydroxylation is 2. The predicted molar refractivity (Wildman–Crippen MR) is 74.5 cm³/mol. The van der Waals surface area contributed by atoms with Crippen molar-refractivity contribution in [2.45, 2.75) is 38.6 Å². The zero-order chi connectivity index (χ0) is 14.4. The van der Waals surface area contributed by atoms with Gasteiger partial charge in [0.15, 0.2) is 0 Å². The summed E-state index contributed by atoms with van der Waals surface area (Å²) < 4.78 is 0. The molecule has 0 spiro atoms. The minimum Gasteiger partial charge on any atom is -0.481 e. The summed E-state index contributed by atoms with van der Waals surface area (Å²) in [7, 11) is 1.80. The molecule has 0 aliphatic heterocycles. The van der Waals surface area contributed by atoms with Crippen molar-refractivity contribution in [3.05, 3.63) is 15.6 Å². The number of fused-ring (bicyclic) bond motifs is 1. The lowest BCUT2D eigenvalue weighted by Crippen LogP contribution is -2.34. The fraction of sp³-hybridized carbons (Fsp3) is 0.643. The van der Waals surface area contributed by atoms with E-state index in [9.17, 15) is 9.59 Å². The van der Waals surface area contributed by atoms with E-state index in [1.807, 2.05) is 6.92 Å². The second-order valence-electron chi connectivity index (χ2n) is 5.69. The smallest absolute Gasteiger partial charge is 0.307 e. The molecule has 108 valence electrons. The highest BCUT2D eigenvalue weighted by Gasteiger charge is 2.50. The highest BCUT2D eigenvalue weighted by atomic mass is 32.1. The van der Waals surface area contributed by atoms with Crippen molar-refractivity contribution in [2.75, 3.05) is 7.05 Å². The van der Waals surface area contributed by atoms with Crippen molar-refractivity contribution in [3.8, 4) is 0 Å². The van der Waals surface area contributed by atoms with Gasteiger partial charge in [-0.1, -0.05) is 0 Å². The number of carboxylic acids is 1. The Morgan fingerprint density at radius 3 is 2.80 bits per heavy atom. The first-order chi connectivity index (χ1) is 9.49. The summed E-state index contributed by atoms with van der Waals surface area (Å²) in [6.07, 6.45) is 3.45. The Labute approximate surface area is 121 Å². The Hall–Kier alpha value is -1.43. The van der Waals surface area contributed by atoms with Crippen LogP contribution >= 0.6 is 11.3 Å². The van der Waals surface area contributed by atoms with Gasteiger partial charge in [0.25, 0.3) is 0 Å². The molecule has 20 heavy (non-hydrogen) atoms. The predicted octanol–water partition coefficient (Wildman–Crippen LogP) is 2.01. The van der Waals surface area contributed by atoms with Crippen LogP contribution in [0.25, 0.3) is 0 Å². The third kappa shape index (κ3) is 2.22. The summed E-state index contributed by atoms with van der Waals surface area (Å²) in [4.78, 5) is 30.8. The maximum atomic E-state index is 12.4. The van der Waals surface area contributed by atoms with E-state index in [1.54, 1.807) is 23.3 Å². The van der Waals surface area contributed by atoms with Crippen LogP contribution in [0.4, 0.5) is 0 Å². The molecule has 0 saturated heterocycles. The number of carbonyl (C=O) groups is 2. The van der Waals surface area contributed by atoms with Gasteiger partial charge < -0.3 is 10.0 Å². The number of carbonyl (C=O) groups excluding carboxylic acids is 1. The molecular weight excluding hydrogens is 276 g/mol. The maximum Gasteiger partial charge on any atom is 0.307 e. The minimum atomic E-state index is -0.852. The molecule has 1 aromatic rings. The number of hydrogen-bond acceptors (Lipinski definition) is 4. The Balaban J connectivity index is 1.77. The van der Waals surface area contributed by atoms with Gasteiger partial charge in [-0.2, -0.15) is 0 Å². The van der Waals surface area contributed by atoms with Crippen LogP contribution in [-0.4, -0.2) is 33.9 Å². The first-order valence-corrected chi connectivity index (χ1v) is 7.76. The molecule has 3 rings (SSSR count). The molecule has 1 saturated carbocycles. The Morgan fingerprint density at radius 2 is 2.15 bits per heavy atom. The first kappa shape index (κ1) is 13.5. The molecule has 3 atom stereocenters. The van der Waals surface area contributed by atoms with Gasteiger partial charge in [0.05, 0.1) is 33.5 Å². The summed E-state index contributed by atoms with van der Waals surface area (Å²) in [6, 6.07) is 0.0764. The van der Waals surface area contributed by atoms with Gasteiger partial charge in [-0.25, -0.2) is 4.98 Å². The van der Waals surface area contributed by atoms with Crippen LogP contribution in [0.5, 0.6) is 0 Å². The molecule has 1 amide bonds. The third-order valence-electron chi connectivity index (χ3n) is 4.27. The van der Waals surface area contributed by atoms with Crippen LogP contribution in [0.1, 0.15) is 40.9 Å². The molecule has 6 heteroatoms. The number of thiazole rings is 1. The zero-order valence-electron chi connectivity index (χ0n) is 11.6. The van der Waals surface area contributed by atoms with Crippen LogP contribution in [0.15, 0.2) is 0 Å². The van der Waals surface area contributed by atoms with Gasteiger partial charge in [-0.3, -0.25) is 9.59 Å². The summed E-state index contributed by atoms with van der Waals surface area (Å²) in [5.41, 5.74) is 1.12. The number of hydrogen-bond donors (Lipinski definition) is 1. The fourth-order valence-corrected chi connectivity index (χ4v) is 4.20. The van der Waals surface area contributed by atoms with Crippen LogP contribution in [0.3, 0.4) is 0 Å². The molecule has 0 bridgehead atoms. The van der Waals surface area contributed by atoms with E-state index in [0.717, 1.165) is 30.0 Å². The second-order valence-corrected chi connectivity index (χ2v) is 6.92. The molecule has 1 heterocycles. The number of carboxylic acid groups (broad SMARTS) is 1. The van der Waals surface area contributed by atoms with E-state index in [1.165, 1.54) is 4.88 Å². The maximum absolute atomic E-state index is 12.4. The molecule has 2 aliphatic carbocycles. The van der Waals surface area contributed by atoms with Gasteiger partial charge in [-0.05, 0) is 32.6 Å². The van der Waals surface area contributed by atoms with Crippen LogP contribution in [-0.2, 0) is 16.0 Å². The molecule has 5 nitrogen and oxygen atoms in total. The molecule has 0 unspecified atom stereocenters. The molecule has 0 radical (unpaired) electrons. The fourth-order valence-electron chi connectivity index (χ4n) is 3.04. The summed E-state index contributed by atoms with van der Waals surface area (Å²) in [5, 5.41) is 9.99. The number of amides is 1. The number of rotatable bonds is 3. The Kier molecular flexibility index (Phi) is 3.28. The van der Waals surface area contributed by atoms with Gasteiger partial charge in [-0.15, -0.1) is 11.3 Å². The first-order valence-electron chi connectivity index (χ1n) is 6.94. The Bertz CT molecular complexity index is 569. The van der Waals surface area contributed by atoms with Gasteiger partial charge >= 0.3 is 5.97 Å². The van der Waals surface area contributed by atoms with Crippen molar-refractivity contribution in [1.29, 1.82) is 0 Å². The summed E-state index contributed by atoms with van der Waals surface area (Å²) in [6.45, 7) is 1.99. The van der Waals surface area contributed by atoms with E-state index in [2.05, 4.69) is 4.98 Å². The SMILES string of the molecule is Cc1nc2c(s1)[C@H](N(C)C(=O)[C@@H]1C[C@@H]1C(=O)O)CCC2. The van der Waals surface area contributed by atoms with Crippen molar-refractivity contribution < 1.29 is 14.7 Å². The van der Waals surface area contributed by atoms with E-state index >= 15 is 0 Å². The minimum absolute atomic E-state index is 0.0266. The van der Waals surface area contributed by atoms with Crippen LogP contribution in [0.2, 0.25) is 0 Å². The number of nitrogens with zero attached hydrogens (tertiary/aromatic N) is 2. The standard InChI is InChI=1S/C14H18N2O3S/c1-7-15-10-4-3-5-11(12(10)20-7)16(2)13(17)8-6-9(8)14(18)19/h8-9,11H,3-6H2,1-2H3,(H,18,19)/t8-,9+,11-/m1/s1. The molecule has 1 aromatic heterocycles. The zero-order valence-corrected chi connectivity index (χ0v) is 12.4. The molecule has 2 aliphatic rings. The van der Waals surface area contributed by atoms with Crippen LogP contribution in [0, 0.1) is 18.8 Å². The summed E-state index contributed by atoms with van der Waals surface area (Å²) >= 11 is 1.66. The molecular formula is C14H18N2O3S. The molecule has 1 N–H and O–H groups in total. The van der Waals surface area contributed by atoms with Crippen molar-refractivity contribution >= 4 is 23.2 Å². The van der Waals surface area contributed by atoms with Gasteiger partial charge in [0.2, 0.25) is 5.91 Å². The Morgan fingerprint density at radius 1 is 1.40 bits per heavy atom. The largest absolute Gasteiger partial charge is 0.481 e. The van der Waals surface area contributed by atoms with Gasteiger partial charge in [0.1, 0.15) is 0 Å². The molecule has 0 aromatic carbocycles. The highest BCUT2D eigenvalue weighted by molar-refractivity contribution is 7.11. The van der Waals surface area contributed by atoms with E-state index < -0.39 is 11.9 Å². The average molecular weight is 294 g/mol. The lowest BCUT2D eigenvalue weighted by atomic mass is 9.96. The van der Waals surface area contributed by atoms with Crippen molar-refractivity contribution in [3.63, 3.8) is 0 Å². The average Bonchev–Trinajstić information content (AvgIpc) is 3.12. The van der Waals surface area contributed by atoms with E-state index in [-0.39, 0.29) is 17.9 Å². The highest BCUT2D eigenvalue weighted by Crippen LogP contribution is 2.43. The number of aromatic nitrogens is 1. The van der Waals surface area contributed by atoms with E-state index in [4.69, 9.17) is 5.11 Å². The van der Waals surface area contributed by atoms with Gasteiger partial charge in [0, 0.05) is 7.05 Å². The topological polar surface area (TPSA) is 70.5 Å².